The van der Waals surface area contributed by atoms with Gasteiger partial charge in [0, 0.05) is 16.7 Å². The predicted molar refractivity (Wildman–Crippen MR) is 60.5 cm³/mol. The fourth-order valence-corrected chi connectivity index (χ4v) is 3.15. The summed E-state index contributed by atoms with van der Waals surface area (Å²) in [5.41, 5.74) is -2.78. The zero-order valence-electron chi connectivity index (χ0n) is 9.36. The predicted octanol–water partition coefficient (Wildman–Crippen LogP) is 3.10. The molecule has 1 rings (SSSR count). The molecule has 1 aromatic rings. The van der Waals surface area contributed by atoms with Crippen LogP contribution in [0.25, 0.3) is 0 Å². The number of rotatable bonds is 3. The van der Waals surface area contributed by atoms with Crippen molar-refractivity contribution in [3.8, 4) is 0 Å². The number of nitro benzene ring substituents is 1. The van der Waals surface area contributed by atoms with Gasteiger partial charge in [0.1, 0.15) is 4.90 Å². The number of hydrogen-bond acceptors (Lipinski definition) is 4. The van der Waals surface area contributed by atoms with E-state index in [0.717, 1.165) is 0 Å². The van der Waals surface area contributed by atoms with Gasteiger partial charge in [-0.15, -0.1) is 0 Å². The Labute approximate surface area is 110 Å². The zero-order chi connectivity index (χ0) is 15.0. The molecule has 0 aliphatic carbocycles. The van der Waals surface area contributed by atoms with Gasteiger partial charge in [-0.25, -0.2) is 8.42 Å². The molecule has 0 aromatic heterocycles. The summed E-state index contributed by atoms with van der Waals surface area (Å²) >= 11 is 0. The molecule has 0 unspecified atom stereocenters. The first-order valence-electron chi connectivity index (χ1n) is 4.82. The third-order valence-electron chi connectivity index (χ3n) is 2.34. The Hall–Kier alpha value is -1.35. The summed E-state index contributed by atoms with van der Waals surface area (Å²) in [7, 11) is 0.212. The van der Waals surface area contributed by atoms with Crippen molar-refractivity contribution >= 4 is 25.4 Å². The quantitative estimate of drug-likeness (QED) is 0.487. The summed E-state index contributed by atoms with van der Waals surface area (Å²) in [6.45, 7) is 1.30. The van der Waals surface area contributed by atoms with Crippen LogP contribution in [0.2, 0.25) is 0 Å². The molecule has 0 amide bonds. The summed E-state index contributed by atoms with van der Waals surface area (Å²) < 4.78 is 60.8. The Morgan fingerprint density at radius 2 is 1.89 bits per heavy atom. The highest BCUT2D eigenvalue weighted by Crippen LogP contribution is 2.40. The number of halogens is 4. The Morgan fingerprint density at radius 3 is 2.21 bits per heavy atom. The van der Waals surface area contributed by atoms with Gasteiger partial charge in [0.15, 0.2) is 0 Å². The molecule has 0 saturated heterocycles. The van der Waals surface area contributed by atoms with Gasteiger partial charge in [-0.3, -0.25) is 10.1 Å². The van der Waals surface area contributed by atoms with Crippen LogP contribution in [0.5, 0.6) is 0 Å². The van der Waals surface area contributed by atoms with Crippen molar-refractivity contribution in [3.63, 3.8) is 0 Å². The molecule has 0 fully saturated rings. The first kappa shape index (κ1) is 15.7. The molecular formula is C9H7ClF3NO4S. The molecule has 10 heteroatoms. The molecule has 0 heterocycles. The maximum atomic E-state index is 12.7. The van der Waals surface area contributed by atoms with E-state index >= 15 is 0 Å². The summed E-state index contributed by atoms with van der Waals surface area (Å²) in [5.74, 6) is 0. The van der Waals surface area contributed by atoms with Gasteiger partial charge in [0.25, 0.3) is 14.7 Å². The lowest BCUT2D eigenvalue weighted by Crippen LogP contribution is -2.14. The van der Waals surface area contributed by atoms with E-state index in [1.807, 2.05) is 0 Å². The van der Waals surface area contributed by atoms with Crippen molar-refractivity contribution < 1.29 is 26.5 Å². The van der Waals surface area contributed by atoms with Crippen LogP contribution in [0.15, 0.2) is 17.0 Å². The summed E-state index contributed by atoms with van der Waals surface area (Å²) in [6, 6.07) is 0.958. The first-order chi connectivity index (χ1) is 8.50. The zero-order valence-corrected chi connectivity index (χ0v) is 10.9. The first-order valence-corrected chi connectivity index (χ1v) is 7.13. The molecule has 0 atom stereocenters. The number of nitro groups is 1. The second-order valence-electron chi connectivity index (χ2n) is 3.49. The SMILES string of the molecule is CCc1c([N+](=O)[O-])ccc(C(F)(F)F)c1S(=O)(=O)Cl. The van der Waals surface area contributed by atoms with Crippen LogP contribution in [0.3, 0.4) is 0 Å². The Balaban J connectivity index is 3.87. The lowest BCUT2D eigenvalue weighted by molar-refractivity contribution is -0.385. The molecule has 0 aliphatic heterocycles. The third kappa shape index (κ3) is 3.16. The van der Waals surface area contributed by atoms with E-state index in [4.69, 9.17) is 10.7 Å². The highest BCUT2D eigenvalue weighted by Gasteiger charge is 2.40. The minimum absolute atomic E-state index is 0.276. The van der Waals surface area contributed by atoms with Gasteiger partial charge in [-0.05, 0) is 12.5 Å². The van der Waals surface area contributed by atoms with Crippen molar-refractivity contribution in [2.45, 2.75) is 24.4 Å². The van der Waals surface area contributed by atoms with Gasteiger partial charge >= 0.3 is 6.18 Å². The van der Waals surface area contributed by atoms with Crippen LogP contribution in [0.4, 0.5) is 18.9 Å². The second-order valence-corrected chi connectivity index (χ2v) is 5.99. The molecule has 0 radical (unpaired) electrons. The standard InChI is InChI=1S/C9H7ClF3NO4S/c1-2-5-7(14(15)16)4-3-6(9(11,12)13)8(5)19(10,17)18/h3-4H,2H2,1H3. The second kappa shape index (κ2) is 4.97. The van der Waals surface area contributed by atoms with Crippen molar-refractivity contribution in [2.75, 3.05) is 0 Å². The van der Waals surface area contributed by atoms with Crippen molar-refractivity contribution in [1.82, 2.24) is 0 Å². The number of nitrogens with zero attached hydrogens (tertiary/aromatic N) is 1. The van der Waals surface area contributed by atoms with E-state index in [2.05, 4.69) is 0 Å². The molecule has 5 nitrogen and oxygen atoms in total. The summed E-state index contributed by atoms with van der Waals surface area (Å²) in [5, 5.41) is 10.7. The Morgan fingerprint density at radius 1 is 1.37 bits per heavy atom. The van der Waals surface area contributed by atoms with Gasteiger partial charge in [-0.2, -0.15) is 13.2 Å². The molecule has 0 N–H and O–H groups in total. The molecule has 0 aliphatic rings. The van der Waals surface area contributed by atoms with Crippen LogP contribution >= 0.6 is 10.7 Å². The van der Waals surface area contributed by atoms with Crippen molar-refractivity contribution in [3.05, 3.63) is 33.4 Å². The number of benzene rings is 1. The molecular weight excluding hydrogens is 311 g/mol. The third-order valence-corrected chi connectivity index (χ3v) is 3.75. The minimum Gasteiger partial charge on any atom is -0.258 e. The average molecular weight is 318 g/mol. The lowest BCUT2D eigenvalue weighted by Gasteiger charge is -2.14. The molecule has 1 aromatic carbocycles. The van der Waals surface area contributed by atoms with Gasteiger partial charge < -0.3 is 0 Å². The Kier molecular flexibility index (Phi) is 4.11. The monoisotopic (exact) mass is 317 g/mol. The van der Waals surface area contributed by atoms with E-state index in [1.165, 1.54) is 6.92 Å². The van der Waals surface area contributed by atoms with Crippen LogP contribution in [0, 0.1) is 10.1 Å². The maximum Gasteiger partial charge on any atom is 0.417 e. The smallest absolute Gasteiger partial charge is 0.258 e. The normalized spacial score (nSPS) is 12.5. The number of hydrogen-bond donors (Lipinski definition) is 0. The minimum atomic E-state index is -4.98. The molecule has 0 spiro atoms. The summed E-state index contributed by atoms with van der Waals surface area (Å²) in [4.78, 5) is 8.50. The topological polar surface area (TPSA) is 77.3 Å². The van der Waals surface area contributed by atoms with E-state index in [0.29, 0.717) is 12.1 Å². The van der Waals surface area contributed by atoms with Crippen molar-refractivity contribution in [2.24, 2.45) is 0 Å². The highest BCUT2D eigenvalue weighted by molar-refractivity contribution is 8.13. The van der Waals surface area contributed by atoms with E-state index in [9.17, 15) is 31.7 Å². The van der Waals surface area contributed by atoms with Crippen molar-refractivity contribution in [1.29, 1.82) is 0 Å². The van der Waals surface area contributed by atoms with Crippen LogP contribution in [0.1, 0.15) is 18.1 Å². The van der Waals surface area contributed by atoms with Gasteiger partial charge in [-0.1, -0.05) is 6.92 Å². The summed E-state index contributed by atoms with van der Waals surface area (Å²) in [6.07, 6.45) is -5.25. The van der Waals surface area contributed by atoms with Crippen LogP contribution < -0.4 is 0 Å². The van der Waals surface area contributed by atoms with Crippen LogP contribution in [-0.2, 0) is 21.6 Å². The van der Waals surface area contributed by atoms with E-state index < -0.39 is 41.9 Å². The molecule has 0 saturated carbocycles. The average Bonchev–Trinajstić information content (AvgIpc) is 2.24. The Bertz CT molecular complexity index is 627. The largest absolute Gasteiger partial charge is 0.417 e. The van der Waals surface area contributed by atoms with Crippen LogP contribution in [-0.4, -0.2) is 13.3 Å². The van der Waals surface area contributed by atoms with Gasteiger partial charge in [0.2, 0.25) is 0 Å². The molecule has 19 heavy (non-hydrogen) atoms. The van der Waals surface area contributed by atoms with E-state index in [1.54, 1.807) is 0 Å². The van der Waals surface area contributed by atoms with Gasteiger partial charge in [0.05, 0.1) is 16.1 Å². The maximum absolute atomic E-state index is 12.7. The lowest BCUT2D eigenvalue weighted by atomic mass is 10.1. The molecule has 0 bridgehead atoms. The van der Waals surface area contributed by atoms with E-state index in [-0.39, 0.29) is 6.42 Å². The molecule has 106 valence electrons. The fraction of sp³-hybridized carbons (Fsp3) is 0.333. The highest BCUT2D eigenvalue weighted by atomic mass is 35.7. The fourth-order valence-electron chi connectivity index (χ4n) is 1.63. The number of alkyl halides is 3.